The first-order chi connectivity index (χ1) is 12.9. The summed E-state index contributed by atoms with van der Waals surface area (Å²) in [7, 11) is 0. The largest absolute Gasteiger partial charge is 0.494 e. The minimum absolute atomic E-state index is 0.00194. The normalized spacial score (nSPS) is 15.0. The van der Waals surface area contributed by atoms with Crippen molar-refractivity contribution in [3.8, 4) is 11.5 Å². The van der Waals surface area contributed by atoms with Gasteiger partial charge in [0.15, 0.2) is 0 Å². The van der Waals surface area contributed by atoms with Gasteiger partial charge >= 0.3 is 5.69 Å². The number of hydrogen-bond donors (Lipinski definition) is 2. The lowest BCUT2D eigenvalue weighted by Crippen LogP contribution is -2.24. The van der Waals surface area contributed by atoms with E-state index in [1.807, 2.05) is 26.0 Å². The van der Waals surface area contributed by atoms with Gasteiger partial charge in [-0.1, -0.05) is 0 Å². The minimum atomic E-state index is -0.649. The van der Waals surface area contributed by atoms with Crippen LogP contribution in [0.15, 0.2) is 24.3 Å². The molecule has 1 aromatic carbocycles. The van der Waals surface area contributed by atoms with Gasteiger partial charge in [0, 0.05) is 30.2 Å². The number of carbonyl (C=O) groups excluding carboxylic acids is 1. The third-order valence-corrected chi connectivity index (χ3v) is 4.15. The number of rotatable bonds is 6. The molecule has 2 heterocycles. The second-order valence-corrected chi connectivity index (χ2v) is 6.17. The van der Waals surface area contributed by atoms with Crippen molar-refractivity contribution in [2.75, 3.05) is 12.3 Å². The zero-order chi connectivity index (χ0) is 19.6. The Bertz CT molecular complexity index is 900. The maximum Gasteiger partial charge on any atom is 0.311 e. The van der Waals surface area contributed by atoms with Crippen LogP contribution in [0.1, 0.15) is 35.5 Å². The maximum atomic E-state index is 12.3. The molecule has 0 fully saturated rings. The first kappa shape index (κ1) is 18.4. The van der Waals surface area contributed by atoms with E-state index in [-0.39, 0.29) is 29.8 Å². The molecule has 9 nitrogen and oxygen atoms in total. The molecule has 3 rings (SSSR count). The molecule has 27 heavy (non-hydrogen) atoms. The summed E-state index contributed by atoms with van der Waals surface area (Å²) in [5.74, 6) is 0.676. The van der Waals surface area contributed by atoms with E-state index in [0.29, 0.717) is 12.4 Å². The van der Waals surface area contributed by atoms with Gasteiger partial charge < -0.3 is 20.5 Å². The highest BCUT2D eigenvalue weighted by atomic mass is 16.6. The molecule has 1 amide bonds. The van der Waals surface area contributed by atoms with E-state index in [1.54, 1.807) is 0 Å². The molecule has 9 heteroatoms. The monoisotopic (exact) mass is 372 g/mol. The van der Waals surface area contributed by atoms with Crippen molar-refractivity contribution in [1.82, 2.24) is 10.3 Å². The molecule has 1 atom stereocenters. The highest BCUT2D eigenvalue weighted by Gasteiger charge is 2.22. The Labute approximate surface area is 155 Å². The fourth-order valence-corrected chi connectivity index (χ4v) is 2.92. The van der Waals surface area contributed by atoms with Gasteiger partial charge in [0.25, 0.3) is 5.91 Å². The lowest BCUT2D eigenvalue weighted by atomic mass is 10.1. The second kappa shape index (κ2) is 7.48. The topological polar surface area (TPSA) is 130 Å². The van der Waals surface area contributed by atoms with Crippen LogP contribution in [0.5, 0.6) is 11.5 Å². The standard InChI is InChI=1S/C18H20N4O5/c1-3-26-15-7-11-6-10(2)27-16(11)8-12(15)9-20-18(23)13-4-5-14(22(24)25)17(19)21-13/h4-5,7-8,10H,3,6,9H2,1-2H3,(H2,19,21)(H,20,23)/t10-/m1/s1. The van der Waals surface area contributed by atoms with Crippen molar-refractivity contribution in [2.45, 2.75) is 32.9 Å². The molecule has 0 unspecified atom stereocenters. The van der Waals surface area contributed by atoms with Crippen LogP contribution in [0.2, 0.25) is 0 Å². The number of aromatic nitrogens is 1. The molecule has 0 aliphatic carbocycles. The van der Waals surface area contributed by atoms with Crippen molar-refractivity contribution in [1.29, 1.82) is 0 Å². The fourth-order valence-electron chi connectivity index (χ4n) is 2.92. The number of anilines is 1. The summed E-state index contributed by atoms with van der Waals surface area (Å²) < 4.78 is 11.4. The SMILES string of the molecule is CCOc1cc2c(cc1CNC(=O)c1ccc([N+](=O)[O-])c(N)n1)O[C@H](C)C2. The third kappa shape index (κ3) is 3.91. The summed E-state index contributed by atoms with van der Waals surface area (Å²) in [4.78, 5) is 26.3. The first-order valence-electron chi connectivity index (χ1n) is 8.53. The van der Waals surface area contributed by atoms with Crippen molar-refractivity contribution in [3.05, 3.63) is 51.2 Å². The van der Waals surface area contributed by atoms with Crippen molar-refractivity contribution >= 4 is 17.4 Å². The fraction of sp³-hybridized carbons (Fsp3) is 0.333. The predicted molar refractivity (Wildman–Crippen MR) is 97.9 cm³/mol. The van der Waals surface area contributed by atoms with Gasteiger partial charge in [-0.25, -0.2) is 4.98 Å². The Morgan fingerprint density at radius 1 is 1.48 bits per heavy atom. The van der Waals surface area contributed by atoms with Crippen molar-refractivity contribution in [2.24, 2.45) is 0 Å². The zero-order valence-corrected chi connectivity index (χ0v) is 15.0. The Morgan fingerprint density at radius 2 is 2.26 bits per heavy atom. The number of fused-ring (bicyclic) bond motifs is 1. The molecule has 1 aliphatic heterocycles. The van der Waals surface area contributed by atoms with E-state index in [2.05, 4.69) is 10.3 Å². The number of nitrogens with two attached hydrogens (primary N) is 1. The van der Waals surface area contributed by atoms with Crippen LogP contribution < -0.4 is 20.5 Å². The lowest BCUT2D eigenvalue weighted by molar-refractivity contribution is -0.384. The van der Waals surface area contributed by atoms with Crippen LogP contribution in [0.4, 0.5) is 11.5 Å². The van der Waals surface area contributed by atoms with E-state index < -0.39 is 10.8 Å². The molecule has 3 N–H and O–H groups in total. The highest BCUT2D eigenvalue weighted by Crippen LogP contribution is 2.35. The number of hydrogen-bond acceptors (Lipinski definition) is 7. The van der Waals surface area contributed by atoms with Gasteiger partial charge in [-0.3, -0.25) is 14.9 Å². The summed E-state index contributed by atoms with van der Waals surface area (Å²) in [6.45, 7) is 4.57. The number of pyridine rings is 1. The predicted octanol–water partition coefficient (Wildman–Crippen LogP) is 2.22. The average molecular weight is 372 g/mol. The average Bonchev–Trinajstić information content (AvgIpc) is 2.98. The summed E-state index contributed by atoms with van der Waals surface area (Å²) in [5.41, 5.74) is 7.05. The highest BCUT2D eigenvalue weighted by molar-refractivity contribution is 5.93. The van der Waals surface area contributed by atoms with Crippen molar-refractivity contribution < 1.29 is 19.2 Å². The maximum absolute atomic E-state index is 12.3. The van der Waals surface area contributed by atoms with Crippen LogP contribution in [0, 0.1) is 10.1 Å². The Hall–Kier alpha value is -3.36. The van der Waals surface area contributed by atoms with E-state index in [9.17, 15) is 14.9 Å². The minimum Gasteiger partial charge on any atom is -0.494 e. The van der Waals surface area contributed by atoms with Crippen LogP contribution in [-0.4, -0.2) is 28.5 Å². The molecule has 0 saturated heterocycles. The molecule has 1 aliphatic rings. The smallest absolute Gasteiger partial charge is 0.311 e. The quantitative estimate of drug-likeness (QED) is 0.587. The lowest BCUT2D eigenvalue weighted by Gasteiger charge is -2.13. The number of nitrogens with one attached hydrogen (secondary N) is 1. The molecule has 142 valence electrons. The summed E-state index contributed by atoms with van der Waals surface area (Å²) in [5, 5.41) is 13.5. The van der Waals surface area contributed by atoms with Crippen LogP contribution in [-0.2, 0) is 13.0 Å². The number of nitrogens with zero attached hydrogens (tertiary/aromatic N) is 2. The zero-order valence-electron chi connectivity index (χ0n) is 15.0. The molecular formula is C18H20N4O5. The Balaban J connectivity index is 1.76. The molecule has 0 saturated carbocycles. The third-order valence-electron chi connectivity index (χ3n) is 4.15. The van der Waals surface area contributed by atoms with Crippen LogP contribution in [0.25, 0.3) is 0 Å². The first-order valence-corrected chi connectivity index (χ1v) is 8.53. The van der Waals surface area contributed by atoms with Crippen LogP contribution in [0.3, 0.4) is 0 Å². The summed E-state index contributed by atoms with van der Waals surface area (Å²) in [6, 6.07) is 6.22. The molecule has 0 radical (unpaired) electrons. The van der Waals surface area contributed by atoms with Crippen LogP contribution >= 0.6 is 0 Å². The Kier molecular flexibility index (Phi) is 5.11. The van der Waals surface area contributed by atoms with Gasteiger partial charge in [-0.15, -0.1) is 0 Å². The summed E-state index contributed by atoms with van der Waals surface area (Å²) >= 11 is 0. The number of amides is 1. The molecular weight excluding hydrogens is 352 g/mol. The number of ether oxygens (including phenoxy) is 2. The Morgan fingerprint density at radius 3 is 2.93 bits per heavy atom. The number of nitro groups is 1. The van der Waals surface area contributed by atoms with Gasteiger partial charge in [-0.05, 0) is 32.0 Å². The number of carbonyl (C=O) groups is 1. The second-order valence-electron chi connectivity index (χ2n) is 6.17. The van der Waals surface area contributed by atoms with E-state index in [4.69, 9.17) is 15.2 Å². The van der Waals surface area contributed by atoms with E-state index in [0.717, 1.165) is 29.4 Å². The number of nitrogen functional groups attached to an aromatic ring is 1. The van der Waals surface area contributed by atoms with E-state index >= 15 is 0 Å². The van der Waals surface area contributed by atoms with Gasteiger partial charge in [0.1, 0.15) is 23.3 Å². The molecule has 2 aromatic rings. The van der Waals surface area contributed by atoms with E-state index in [1.165, 1.54) is 6.07 Å². The molecule has 0 spiro atoms. The van der Waals surface area contributed by atoms with Gasteiger partial charge in [0.05, 0.1) is 11.5 Å². The molecule has 0 bridgehead atoms. The molecule has 1 aromatic heterocycles. The van der Waals surface area contributed by atoms with Crippen molar-refractivity contribution in [3.63, 3.8) is 0 Å². The van der Waals surface area contributed by atoms with Gasteiger partial charge in [-0.2, -0.15) is 0 Å². The van der Waals surface area contributed by atoms with Gasteiger partial charge in [0.2, 0.25) is 5.82 Å². The summed E-state index contributed by atoms with van der Waals surface area (Å²) in [6.07, 6.45) is 0.917. The number of benzene rings is 1.